The first-order valence-corrected chi connectivity index (χ1v) is 11.3. The van der Waals surface area contributed by atoms with Gasteiger partial charge in [0, 0.05) is 8.47 Å². The lowest BCUT2D eigenvalue weighted by Gasteiger charge is -2.19. The van der Waals surface area contributed by atoms with Crippen molar-refractivity contribution in [2.75, 3.05) is 11.2 Å². The number of halogens is 1. The molecule has 0 aliphatic carbocycles. The van der Waals surface area contributed by atoms with Crippen LogP contribution in [0.5, 0.6) is 0 Å². The summed E-state index contributed by atoms with van der Waals surface area (Å²) in [5.74, 6) is 0.639. The lowest BCUT2D eigenvalue weighted by atomic mass is 10.2. The summed E-state index contributed by atoms with van der Waals surface area (Å²) in [6.07, 6.45) is 3.65. The largest absolute Gasteiger partial charge is 0.467 e. The molecule has 136 valence electrons. The van der Waals surface area contributed by atoms with Gasteiger partial charge < -0.3 is 4.42 Å². The topological polar surface area (TPSA) is 46.3 Å². The zero-order valence-corrected chi connectivity index (χ0v) is 18.2. The smallest absolute Gasteiger partial charge is 0.261 e. The molecule has 4 rings (SSSR count). The van der Waals surface area contributed by atoms with E-state index in [4.69, 9.17) is 9.40 Å². The summed E-state index contributed by atoms with van der Waals surface area (Å²) in [5.41, 5.74) is 1.60. The summed E-state index contributed by atoms with van der Waals surface area (Å²) in [5, 5.41) is 0.674. The number of furan rings is 1. The number of nitrogens with zero attached hydrogens (tertiary/aromatic N) is 2. The Morgan fingerprint density at radius 3 is 2.78 bits per heavy atom. The fraction of sp³-hybridized carbons (Fsp3) is 0.100. The highest BCUT2D eigenvalue weighted by molar-refractivity contribution is 14.1. The van der Waals surface area contributed by atoms with Crippen LogP contribution in [0, 0.1) is 3.57 Å². The van der Waals surface area contributed by atoms with Gasteiger partial charge in [-0.1, -0.05) is 29.5 Å². The number of aromatic nitrogens is 1. The quantitative estimate of drug-likeness (QED) is 0.244. The van der Waals surface area contributed by atoms with E-state index in [9.17, 15) is 4.79 Å². The second-order valence-electron chi connectivity index (χ2n) is 5.75. The monoisotopic (exact) mass is 506 g/mol. The SMILES string of the molecule is CSc1cccc2sc(N(Cc3ccco3)C(=O)c3ccccc3I)nc12. The van der Waals surface area contributed by atoms with E-state index < -0.39 is 0 Å². The predicted molar refractivity (Wildman–Crippen MR) is 120 cm³/mol. The molecule has 0 N–H and O–H groups in total. The van der Waals surface area contributed by atoms with Gasteiger partial charge in [0.15, 0.2) is 5.13 Å². The average molecular weight is 506 g/mol. The second-order valence-corrected chi connectivity index (χ2v) is 8.77. The van der Waals surface area contributed by atoms with Gasteiger partial charge in [0.05, 0.1) is 28.6 Å². The Kier molecular flexibility index (Phi) is 5.51. The van der Waals surface area contributed by atoms with Gasteiger partial charge in [0.25, 0.3) is 5.91 Å². The Morgan fingerprint density at radius 2 is 2.04 bits per heavy atom. The molecular formula is C20H15IN2O2S2. The number of anilines is 1. The van der Waals surface area contributed by atoms with E-state index in [2.05, 4.69) is 28.7 Å². The third kappa shape index (κ3) is 3.76. The Balaban J connectivity index is 1.81. The number of hydrogen-bond donors (Lipinski definition) is 0. The van der Waals surface area contributed by atoms with Crippen molar-refractivity contribution in [3.8, 4) is 0 Å². The highest BCUT2D eigenvalue weighted by Gasteiger charge is 2.24. The van der Waals surface area contributed by atoms with E-state index in [0.717, 1.165) is 24.4 Å². The first kappa shape index (κ1) is 18.5. The Labute approximate surface area is 178 Å². The van der Waals surface area contributed by atoms with Crippen LogP contribution in [0.3, 0.4) is 0 Å². The van der Waals surface area contributed by atoms with Crippen molar-refractivity contribution in [1.82, 2.24) is 4.98 Å². The second kappa shape index (κ2) is 8.04. The molecule has 4 nitrogen and oxygen atoms in total. The number of benzene rings is 2. The number of thioether (sulfide) groups is 1. The standard InChI is InChI=1S/C20H15IN2O2S2/c1-26-16-9-4-10-17-18(16)22-20(27-17)23(12-13-6-5-11-25-13)19(24)14-7-2-3-8-15(14)21/h2-11H,12H2,1H3. The average Bonchev–Trinajstić information content (AvgIpc) is 3.35. The lowest BCUT2D eigenvalue weighted by Crippen LogP contribution is -2.30. The van der Waals surface area contributed by atoms with Crippen LogP contribution in [0.25, 0.3) is 10.2 Å². The minimum Gasteiger partial charge on any atom is -0.467 e. The zero-order valence-electron chi connectivity index (χ0n) is 14.4. The summed E-state index contributed by atoms with van der Waals surface area (Å²) in [7, 11) is 0. The maximum Gasteiger partial charge on any atom is 0.261 e. The molecule has 0 aliphatic heterocycles. The number of carbonyl (C=O) groups excluding carboxylic acids is 1. The number of carbonyl (C=O) groups is 1. The van der Waals surface area contributed by atoms with Gasteiger partial charge in [-0.15, -0.1) is 11.8 Å². The Morgan fingerprint density at radius 1 is 1.19 bits per heavy atom. The van der Waals surface area contributed by atoms with E-state index in [0.29, 0.717) is 17.2 Å². The molecule has 27 heavy (non-hydrogen) atoms. The van der Waals surface area contributed by atoms with Gasteiger partial charge in [-0.25, -0.2) is 4.98 Å². The van der Waals surface area contributed by atoms with Crippen LogP contribution in [0.1, 0.15) is 16.1 Å². The molecular weight excluding hydrogens is 491 g/mol. The predicted octanol–water partition coefficient (Wildman–Crippen LogP) is 6.06. The van der Waals surface area contributed by atoms with Crippen molar-refractivity contribution in [2.24, 2.45) is 0 Å². The van der Waals surface area contributed by atoms with Crippen LogP contribution in [0.2, 0.25) is 0 Å². The van der Waals surface area contributed by atoms with Crippen LogP contribution < -0.4 is 4.90 Å². The summed E-state index contributed by atoms with van der Waals surface area (Å²) in [4.78, 5) is 21.0. The molecule has 1 amide bonds. The van der Waals surface area contributed by atoms with E-state index >= 15 is 0 Å². The molecule has 0 unspecified atom stereocenters. The highest BCUT2D eigenvalue weighted by atomic mass is 127. The van der Waals surface area contributed by atoms with E-state index in [1.54, 1.807) is 22.9 Å². The fourth-order valence-corrected chi connectivity index (χ4v) is 4.99. The number of fused-ring (bicyclic) bond motifs is 1. The van der Waals surface area contributed by atoms with Gasteiger partial charge in [0.1, 0.15) is 5.76 Å². The molecule has 2 heterocycles. The van der Waals surface area contributed by atoms with Crippen molar-refractivity contribution in [3.05, 3.63) is 75.8 Å². The van der Waals surface area contributed by atoms with Gasteiger partial charge in [-0.05, 0) is 65.2 Å². The molecule has 0 spiro atoms. The number of hydrogen-bond acceptors (Lipinski definition) is 5. The molecule has 0 saturated heterocycles. The van der Waals surface area contributed by atoms with Gasteiger partial charge in [-0.3, -0.25) is 9.69 Å². The molecule has 0 radical (unpaired) electrons. The zero-order chi connectivity index (χ0) is 18.8. The van der Waals surface area contributed by atoms with Crippen LogP contribution in [0.15, 0.2) is 70.2 Å². The minimum atomic E-state index is -0.0823. The molecule has 0 bridgehead atoms. The summed E-state index contributed by atoms with van der Waals surface area (Å²) >= 11 is 5.37. The Hall–Kier alpha value is -1.84. The van der Waals surface area contributed by atoms with Crippen molar-refractivity contribution >= 4 is 66.9 Å². The van der Waals surface area contributed by atoms with Gasteiger partial charge in [-0.2, -0.15) is 0 Å². The van der Waals surface area contributed by atoms with E-state index in [-0.39, 0.29) is 5.91 Å². The molecule has 4 aromatic rings. The normalized spacial score (nSPS) is 11.0. The Bertz CT molecular complexity index is 1090. The highest BCUT2D eigenvalue weighted by Crippen LogP contribution is 2.35. The van der Waals surface area contributed by atoms with E-state index in [1.165, 1.54) is 11.3 Å². The van der Waals surface area contributed by atoms with Crippen LogP contribution in [-0.2, 0) is 6.54 Å². The fourth-order valence-electron chi connectivity index (χ4n) is 2.76. The molecule has 0 saturated carbocycles. The number of rotatable bonds is 5. The van der Waals surface area contributed by atoms with Crippen molar-refractivity contribution in [3.63, 3.8) is 0 Å². The summed E-state index contributed by atoms with van der Waals surface area (Å²) in [6.45, 7) is 0.339. The van der Waals surface area contributed by atoms with Gasteiger partial charge >= 0.3 is 0 Å². The number of para-hydroxylation sites is 1. The number of amides is 1. The lowest BCUT2D eigenvalue weighted by molar-refractivity contribution is 0.0982. The van der Waals surface area contributed by atoms with Crippen molar-refractivity contribution < 1.29 is 9.21 Å². The van der Waals surface area contributed by atoms with Crippen LogP contribution in [0.4, 0.5) is 5.13 Å². The van der Waals surface area contributed by atoms with Crippen LogP contribution >= 0.6 is 45.7 Å². The third-order valence-corrected chi connectivity index (χ3v) is 6.82. The van der Waals surface area contributed by atoms with Crippen molar-refractivity contribution in [2.45, 2.75) is 11.4 Å². The van der Waals surface area contributed by atoms with Gasteiger partial charge in [0.2, 0.25) is 0 Å². The molecule has 7 heteroatoms. The first-order chi connectivity index (χ1) is 13.2. The molecule has 0 fully saturated rings. The molecule has 0 aliphatic rings. The van der Waals surface area contributed by atoms with Crippen molar-refractivity contribution in [1.29, 1.82) is 0 Å². The minimum absolute atomic E-state index is 0.0823. The first-order valence-electron chi connectivity index (χ1n) is 8.19. The maximum atomic E-state index is 13.4. The summed E-state index contributed by atoms with van der Waals surface area (Å²) < 4.78 is 7.48. The molecule has 0 atom stereocenters. The molecule has 2 aromatic heterocycles. The van der Waals surface area contributed by atoms with Crippen LogP contribution in [-0.4, -0.2) is 17.1 Å². The van der Waals surface area contributed by atoms with E-state index in [1.807, 2.05) is 54.8 Å². The summed E-state index contributed by atoms with van der Waals surface area (Å²) in [6, 6.07) is 17.4. The number of thiazole rings is 1. The third-order valence-electron chi connectivity index (χ3n) is 4.06. The maximum absolute atomic E-state index is 13.4. The molecule has 2 aromatic carbocycles.